The van der Waals surface area contributed by atoms with E-state index in [4.69, 9.17) is 0 Å². The van der Waals surface area contributed by atoms with Gasteiger partial charge in [-0.2, -0.15) is 52.7 Å². The molecule has 0 aliphatic heterocycles. The Labute approximate surface area is 142 Å². The van der Waals surface area contributed by atoms with Crippen molar-refractivity contribution in [2.45, 2.75) is 61.3 Å². The van der Waals surface area contributed by atoms with E-state index >= 15 is 0 Å². The Hall–Kier alpha value is -0.960. The van der Waals surface area contributed by atoms with Crippen LogP contribution >= 0.6 is 0 Å². The topological polar surface area (TPSA) is 60.7 Å². The Morgan fingerprint density at radius 1 is 0.481 bits per heavy atom. The Kier molecular flexibility index (Phi) is 5.83. The van der Waals surface area contributed by atoms with Crippen molar-refractivity contribution in [1.29, 1.82) is 0 Å². The molecule has 1 rings (SSSR count). The van der Waals surface area contributed by atoms with Crippen molar-refractivity contribution in [1.82, 2.24) is 0 Å². The van der Waals surface area contributed by atoms with Crippen LogP contribution in [0.15, 0.2) is 0 Å². The van der Waals surface area contributed by atoms with E-state index in [2.05, 4.69) is 0 Å². The third-order valence-corrected chi connectivity index (χ3v) is 4.59. The third kappa shape index (κ3) is 3.81. The van der Waals surface area contributed by atoms with Gasteiger partial charge >= 0.3 is 24.7 Å². The number of halogens is 12. The lowest BCUT2D eigenvalue weighted by Gasteiger charge is -2.47. The summed E-state index contributed by atoms with van der Waals surface area (Å²) in [5.74, 6) is -6.63. The summed E-state index contributed by atoms with van der Waals surface area (Å²) >= 11 is 0. The largest absolute Gasteiger partial charge is 0.426 e. The van der Waals surface area contributed by atoms with Gasteiger partial charge in [0.05, 0.1) is 6.10 Å². The second-order valence-corrected chi connectivity index (χ2v) is 6.28. The first-order valence-corrected chi connectivity index (χ1v) is 7.00. The number of aliphatic hydroxyl groups is 3. The minimum Gasteiger partial charge on any atom is -0.393 e. The fraction of sp³-hybridized carbons (Fsp3) is 1.00. The molecule has 2 unspecified atom stereocenters. The zero-order valence-electron chi connectivity index (χ0n) is 12.7. The summed E-state index contributed by atoms with van der Waals surface area (Å²) in [6.07, 6.45) is -33.9. The SMILES string of the molecule is OC1CC(C(O)(C(F)(F)F)C(F)(F)F)CC(C(O)(C(F)(F)F)C(F)(F)F)C1. The predicted molar refractivity (Wildman–Crippen MR) is 61.0 cm³/mol. The molecule has 0 radical (unpaired) electrons. The zero-order valence-corrected chi connectivity index (χ0v) is 12.7. The molecule has 0 bridgehead atoms. The quantitative estimate of drug-likeness (QED) is 0.586. The molecule has 1 aliphatic rings. The van der Waals surface area contributed by atoms with Gasteiger partial charge in [0, 0.05) is 11.8 Å². The van der Waals surface area contributed by atoms with Crippen LogP contribution in [0.2, 0.25) is 0 Å². The second-order valence-electron chi connectivity index (χ2n) is 6.28. The monoisotopic (exact) mass is 432 g/mol. The molecule has 162 valence electrons. The molecule has 0 aromatic carbocycles. The maximum Gasteiger partial charge on any atom is 0.426 e. The maximum absolute atomic E-state index is 12.8. The normalized spacial score (nSPS) is 27.0. The van der Waals surface area contributed by atoms with E-state index in [9.17, 15) is 68.0 Å². The summed E-state index contributed by atoms with van der Waals surface area (Å²) in [5, 5.41) is 27.8. The molecular weight excluding hydrogens is 420 g/mol. The van der Waals surface area contributed by atoms with Gasteiger partial charge in [0.15, 0.2) is 0 Å². The van der Waals surface area contributed by atoms with Crippen molar-refractivity contribution in [2.75, 3.05) is 0 Å². The molecule has 0 amide bonds. The van der Waals surface area contributed by atoms with E-state index < -0.39 is 73.1 Å². The van der Waals surface area contributed by atoms with Crippen LogP contribution < -0.4 is 0 Å². The number of hydrogen-bond acceptors (Lipinski definition) is 3. The van der Waals surface area contributed by atoms with E-state index in [1.807, 2.05) is 0 Å². The first kappa shape index (κ1) is 24.1. The van der Waals surface area contributed by atoms with E-state index in [-0.39, 0.29) is 0 Å². The molecule has 1 aliphatic carbocycles. The number of rotatable bonds is 2. The minimum absolute atomic E-state index is 1.59. The molecule has 1 fully saturated rings. The molecule has 3 nitrogen and oxygen atoms in total. The van der Waals surface area contributed by atoms with Crippen LogP contribution in [0.3, 0.4) is 0 Å². The smallest absolute Gasteiger partial charge is 0.393 e. The van der Waals surface area contributed by atoms with E-state index in [1.165, 1.54) is 0 Å². The molecule has 0 aromatic heterocycles. The van der Waals surface area contributed by atoms with Gasteiger partial charge in [0.1, 0.15) is 0 Å². The molecule has 3 N–H and O–H groups in total. The molecule has 27 heavy (non-hydrogen) atoms. The fourth-order valence-electron chi connectivity index (χ4n) is 3.22. The summed E-state index contributed by atoms with van der Waals surface area (Å²) in [6, 6.07) is 0. The molecular formula is C12H12F12O3. The van der Waals surface area contributed by atoms with Gasteiger partial charge in [-0.1, -0.05) is 0 Å². The summed E-state index contributed by atoms with van der Waals surface area (Å²) in [6.45, 7) is 0. The van der Waals surface area contributed by atoms with Crippen molar-refractivity contribution in [2.24, 2.45) is 11.8 Å². The second kappa shape index (κ2) is 6.54. The Morgan fingerprint density at radius 3 is 0.889 bits per heavy atom. The van der Waals surface area contributed by atoms with E-state index in [0.29, 0.717) is 0 Å². The van der Waals surface area contributed by atoms with Gasteiger partial charge in [-0.25, -0.2) is 0 Å². The number of aliphatic hydroxyl groups excluding tert-OH is 1. The molecule has 0 spiro atoms. The summed E-state index contributed by atoms with van der Waals surface area (Å²) in [7, 11) is 0. The van der Waals surface area contributed by atoms with E-state index in [0.717, 1.165) is 0 Å². The van der Waals surface area contributed by atoms with Gasteiger partial charge in [-0.05, 0) is 19.3 Å². The average Bonchev–Trinajstić information content (AvgIpc) is 2.39. The number of alkyl halides is 12. The van der Waals surface area contributed by atoms with Gasteiger partial charge < -0.3 is 15.3 Å². The maximum atomic E-state index is 12.8. The first-order chi connectivity index (χ1) is 11.6. The lowest BCUT2D eigenvalue weighted by molar-refractivity contribution is -0.405. The van der Waals surface area contributed by atoms with Crippen molar-refractivity contribution in [3.63, 3.8) is 0 Å². The zero-order chi connectivity index (χ0) is 21.9. The van der Waals surface area contributed by atoms with Crippen molar-refractivity contribution in [3.8, 4) is 0 Å². The van der Waals surface area contributed by atoms with Crippen LogP contribution in [0.4, 0.5) is 52.7 Å². The van der Waals surface area contributed by atoms with Crippen LogP contribution in [-0.4, -0.2) is 57.3 Å². The number of hydrogen-bond donors (Lipinski definition) is 3. The molecule has 0 aromatic rings. The van der Waals surface area contributed by atoms with Crippen LogP contribution in [-0.2, 0) is 0 Å². The summed E-state index contributed by atoms with van der Waals surface area (Å²) in [5.41, 5.74) is -11.4. The first-order valence-electron chi connectivity index (χ1n) is 7.00. The highest BCUT2D eigenvalue weighted by atomic mass is 19.4. The van der Waals surface area contributed by atoms with Crippen molar-refractivity contribution < 1.29 is 68.0 Å². The standard InChI is InChI=1S/C12H12F12O3/c13-9(14,15)7(26,10(16,17)18)4-1-5(3-6(25)2-4)8(27,11(19,20)21)12(22,23)24/h4-6,25-27H,1-3H2. The van der Waals surface area contributed by atoms with Gasteiger partial charge in [0.25, 0.3) is 11.2 Å². The van der Waals surface area contributed by atoms with Crippen LogP contribution in [0.1, 0.15) is 19.3 Å². The van der Waals surface area contributed by atoms with Gasteiger partial charge in [-0.3, -0.25) is 0 Å². The molecule has 2 atom stereocenters. The average molecular weight is 432 g/mol. The lowest BCUT2D eigenvalue weighted by atomic mass is 9.65. The van der Waals surface area contributed by atoms with Gasteiger partial charge in [-0.15, -0.1) is 0 Å². The molecule has 0 heterocycles. The fourth-order valence-corrected chi connectivity index (χ4v) is 3.22. The highest BCUT2D eigenvalue weighted by Gasteiger charge is 2.78. The van der Waals surface area contributed by atoms with Crippen LogP contribution in [0, 0.1) is 11.8 Å². The minimum atomic E-state index is -6.52. The highest BCUT2D eigenvalue weighted by Crippen LogP contribution is 2.57. The van der Waals surface area contributed by atoms with Crippen LogP contribution in [0.25, 0.3) is 0 Å². The molecule has 1 saturated carbocycles. The van der Waals surface area contributed by atoms with Crippen molar-refractivity contribution >= 4 is 0 Å². The highest BCUT2D eigenvalue weighted by molar-refractivity contribution is 5.07. The molecule has 15 heteroatoms. The summed E-state index contributed by atoms with van der Waals surface area (Å²) in [4.78, 5) is 0. The van der Waals surface area contributed by atoms with Gasteiger partial charge in [0.2, 0.25) is 0 Å². The van der Waals surface area contributed by atoms with Crippen molar-refractivity contribution in [3.05, 3.63) is 0 Å². The molecule has 0 saturated heterocycles. The summed E-state index contributed by atoms with van der Waals surface area (Å²) < 4.78 is 154. The van der Waals surface area contributed by atoms with Crippen LogP contribution in [0.5, 0.6) is 0 Å². The Bertz CT molecular complexity index is 458. The lowest BCUT2D eigenvalue weighted by Crippen LogP contribution is -2.67. The third-order valence-electron chi connectivity index (χ3n) is 4.59. The van der Waals surface area contributed by atoms with E-state index in [1.54, 1.807) is 0 Å². The predicted octanol–water partition coefficient (Wildman–Crippen LogP) is 3.48. The Morgan fingerprint density at radius 2 is 0.704 bits per heavy atom. The Balaban J connectivity index is 3.50.